The SMILES string of the molecule is NC(=O)COC1CCN(C(=O)CCNc2ccc(C(F)(F)F)cc2[N+](=O)[O-])C1. The molecule has 154 valence electrons. The second-order valence-electron chi connectivity index (χ2n) is 6.19. The fourth-order valence-corrected chi connectivity index (χ4v) is 2.76. The molecule has 1 aliphatic heterocycles. The van der Waals surface area contributed by atoms with Crippen molar-refractivity contribution in [3.8, 4) is 0 Å². The summed E-state index contributed by atoms with van der Waals surface area (Å²) in [6.45, 7) is 0.509. The number of benzene rings is 1. The summed E-state index contributed by atoms with van der Waals surface area (Å²) in [4.78, 5) is 34.5. The number of carbonyl (C=O) groups is 2. The molecule has 12 heteroatoms. The first kappa shape index (κ1) is 21.4. The summed E-state index contributed by atoms with van der Waals surface area (Å²) in [6.07, 6.45) is -4.44. The van der Waals surface area contributed by atoms with Crippen LogP contribution in [0.2, 0.25) is 0 Å². The summed E-state index contributed by atoms with van der Waals surface area (Å²) in [5.74, 6) is -0.848. The fourth-order valence-electron chi connectivity index (χ4n) is 2.76. The average molecular weight is 404 g/mol. The lowest BCUT2D eigenvalue weighted by Crippen LogP contribution is -2.32. The van der Waals surface area contributed by atoms with Crippen LogP contribution < -0.4 is 11.1 Å². The zero-order chi connectivity index (χ0) is 20.9. The topological polar surface area (TPSA) is 128 Å². The largest absolute Gasteiger partial charge is 0.416 e. The van der Waals surface area contributed by atoms with Gasteiger partial charge in [0.05, 0.1) is 16.6 Å². The number of nitro benzene ring substituents is 1. The first-order valence-electron chi connectivity index (χ1n) is 8.35. The highest BCUT2D eigenvalue weighted by molar-refractivity contribution is 5.77. The van der Waals surface area contributed by atoms with Crippen LogP contribution in [-0.2, 0) is 20.5 Å². The lowest BCUT2D eigenvalue weighted by Gasteiger charge is -2.17. The van der Waals surface area contributed by atoms with E-state index in [0.717, 1.165) is 12.1 Å². The van der Waals surface area contributed by atoms with Crippen molar-refractivity contribution in [3.05, 3.63) is 33.9 Å². The molecule has 28 heavy (non-hydrogen) atoms. The van der Waals surface area contributed by atoms with E-state index in [1.807, 2.05) is 0 Å². The molecule has 0 saturated carbocycles. The van der Waals surface area contributed by atoms with E-state index >= 15 is 0 Å². The van der Waals surface area contributed by atoms with Crippen molar-refractivity contribution in [3.63, 3.8) is 0 Å². The number of nitrogens with zero attached hydrogens (tertiary/aromatic N) is 2. The molecule has 1 aromatic carbocycles. The first-order valence-corrected chi connectivity index (χ1v) is 8.35. The van der Waals surface area contributed by atoms with Crippen molar-refractivity contribution in [2.75, 3.05) is 31.6 Å². The maximum absolute atomic E-state index is 12.7. The number of primary amides is 1. The van der Waals surface area contributed by atoms with Crippen molar-refractivity contribution in [1.29, 1.82) is 0 Å². The van der Waals surface area contributed by atoms with Gasteiger partial charge in [-0.2, -0.15) is 13.2 Å². The standard InChI is InChI=1S/C16H19F3N4O5/c17-16(18,19)10-1-2-12(13(7-10)23(26)27)21-5-3-15(25)22-6-4-11(8-22)28-9-14(20)24/h1-2,7,11,21H,3-6,8-9H2,(H2,20,24). The van der Waals surface area contributed by atoms with Crippen LogP contribution in [0.5, 0.6) is 0 Å². The Morgan fingerprint density at radius 2 is 2.11 bits per heavy atom. The minimum atomic E-state index is -4.69. The number of nitrogens with one attached hydrogen (secondary N) is 1. The van der Waals surface area contributed by atoms with Crippen molar-refractivity contribution < 1.29 is 32.4 Å². The van der Waals surface area contributed by atoms with Gasteiger partial charge in [-0.1, -0.05) is 0 Å². The molecule has 0 aromatic heterocycles. The summed E-state index contributed by atoms with van der Waals surface area (Å²) in [5, 5.41) is 13.7. The molecule has 1 heterocycles. The predicted molar refractivity (Wildman–Crippen MR) is 91.3 cm³/mol. The van der Waals surface area contributed by atoms with Crippen molar-refractivity contribution in [1.82, 2.24) is 4.90 Å². The third kappa shape index (κ3) is 5.81. The van der Waals surface area contributed by atoms with Crippen LogP contribution in [0.15, 0.2) is 18.2 Å². The molecule has 1 unspecified atom stereocenters. The monoisotopic (exact) mass is 404 g/mol. The van der Waals surface area contributed by atoms with Crippen molar-refractivity contribution in [2.45, 2.75) is 25.1 Å². The van der Waals surface area contributed by atoms with Gasteiger partial charge in [-0.25, -0.2) is 0 Å². The minimum Gasteiger partial charge on any atom is -0.379 e. The van der Waals surface area contributed by atoms with E-state index in [2.05, 4.69) is 5.32 Å². The second-order valence-corrected chi connectivity index (χ2v) is 6.19. The van der Waals surface area contributed by atoms with Crippen LogP contribution in [0.3, 0.4) is 0 Å². The summed E-state index contributed by atoms with van der Waals surface area (Å²) in [6, 6.07) is 2.15. The number of nitrogens with two attached hydrogens (primary N) is 1. The number of carbonyl (C=O) groups excluding carboxylic acids is 2. The fraction of sp³-hybridized carbons (Fsp3) is 0.500. The van der Waals surface area contributed by atoms with Gasteiger partial charge in [-0.15, -0.1) is 0 Å². The highest BCUT2D eigenvalue weighted by Gasteiger charge is 2.33. The average Bonchev–Trinajstić information content (AvgIpc) is 3.08. The number of likely N-dealkylation sites (tertiary alicyclic amines) is 1. The van der Waals surface area contributed by atoms with Gasteiger partial charge >= 0.3 is 6.18 Å². The van der Waals surface area contributed by atoms with Gasteiger partial charge in [0.2, 0.25) is 11.8 Å². The molecule has 0 spiro atoms. The normalized spacial score (nSPS) is 16.8. The van der Waals surface area contributed by atoms with Crippen LogP contribution in [0.25, 0.3) is 0 Å². The second kappa shape index (κ2) is 8.87. The Balaban J connectivity index is 1.88. The minimum absolute atomic E-state index is 0.00828. The zero-order valence-electron chi connectivity index (χ0n) is 14.7. The molecule has 2 amide bonds. The maximum atomic E-state index is 12.7. The molecule has 1 fully saturated rings. The number of anilines is 1. The number of alkyl halides is 3. The molecule has 0 bridgehead atoms. The van der Waals surface area contributed by atoms with E-state index in [9.17, 15) is 32.9 Å². The number of nitro groups is 1. The summed E-state index contributed by atoms with van der Waals surface area (Å²) >= 11 is 0. The van der Waals surface area contributed by atoms with Gasteiger partial charge in [0, 0.05) is 32.1 Å². The predicted octanol–water partition coefficient (Wildman–Crippen LogP) is 1.52. The molecular formula is C16H19F3N4O5. The number of hydrogen-bond donors (Lipinski definition) is 2. The Morgan fingerprint density at radius 3 is 2.71 bits per heavy atom. The molecule has 1 aromatic rings. The molecule has 3 N–H and O–H groups in total. The van der Waals surface area contributed by atoms with E-state index in [1.54, 1.807) is 0 Å². The van der Waals surface area contributed by atoms with Crippen LogP contribution in [0, 0.1) is 10.1 Å². The highest BCUT2D eigenvalue weighted by atomic mass is 19.4. The van der Waals surface area contributed by atoms with E-state index < -0.39 is 28.3 Å². The van der Waals surface area contributed by atoms with Crippen molar-refractivity contribution in [2.24, 2.45) is 5.73 Å². The maximum Gasteiger partial charge on any atom is 0.416 e. The third-order valence-corrected chi connectivity index (χ3v) is 4.14. The highest BCUT2D eigenvalue weighted by Crippen LogP contribution is 2.34. The molecule has 1 aliphatic rings. The molecule has 2 rings (SSSR count). The molecule has 1 atom stereocenters. The van der Waals surface area contributed by atoms with Crippen molar-refractivity contribution >= 4 is 23.2 Å². The number of halogens is 3. The molecular weight excluding hydrogens is 385 g/mol. The summed E-state index contributed by atoms with van der Waals surface area (Å²) < 4.78 is 43.3. The lowest BCUT2D eigenvalue weighted by molar-refractivity contribution is -0.384. The van der Waals surface area contributed by atoms with Gasteiger partial charge in [0.1, 0.15) is 12.3 Å². The Hall–Kier alpha value is -2.89. The third-order valence-electron chi connectivity index (χ3n) is 4.14. The van der Waals surface area contributed by atoms with Gasteiger partial charge in [-0.05, 0) is 18.6 Å². The Bertz CT molecular complexity index is 756. The Kier molecular flexibility index (Phi) is 6.78. The summed E-state index contributed by atoms with van der Waals surface area (Å²) in [5.41, 5.74) is 3.04. The van der Waals surface area contributed by atoms with Crippen LogP contribution in [0.4, 0.5) is 24.5 Å². The van der Waals surface area contributed by atoms with E-state index in [0.29, 0.717) is 25.6 Å². The van der Waals surface area contributed by atoms with Gasteiger partial charge in [0.15, 0.2) is 0 Å². The van der Waals surface area contributed by atoms with Crippen LogP contribution in [-0.4, -0.2) is 54.0 Å². The van der Waals surface area contributed by atoms with E-state index in [4.69, 9.17) is 10.5 Å². The smallest absolute Gasteiger partial charge is 0.379 e. The van der Waals surface area contributed by atoms with Gasteiger partial charge in [-0.3, -0.25) is 19.7 Å². The molecule has 0 aliphatic carbocycles. The summed E-state index contributed by atoms with van der Waals surface area (Å²) in [7, 11) is 0. The van der Waals surface area contributed by atoms with E-state index in [-0.39, 0.29) is 37.3 Å². The Labute approximate surface area is 157 Å². The molecule has 9 nitrogen and oxygen atoms in total. The number of hydrogen-bond acceptors (Lipinski definition) is 6. The number of ether oxygens (including phenoxy) is 1. The lowest BCUT2D eigenvalue weighted by atomic mass is 10.1. The zero-order valence-corrected chi connectivity index (χ0v) is 14.7. The number of rotatable bonds is 8. The van der Waals surface area contributed by atoms with E-state index in [1.165, 1.54) is 4.90 Å². The Morgan fingerprint density at radius 1 is 1.39 bits per heavy atom. The van der Waals surface area contributed by atoms with Crippen LogP contribution >= 0.6 is 0 Å². The quantitative estimate of drug-likeness (QED) is 0.499. The number of amides is 2. The molecule has 0 radical (unpaired) electrons. The van der Waals surface area contributed by atoms with Crippen LogP contribution in [0.1, 0.15) is 18.4 Å². The first-order chi connectivity index (χ1) is 13.1. The molecule has 1 saturated heterocycles. The van der Waals surface area contributed by atoms with Gasteiger partial charge in [0.25, 0.3) is 5.69 Å². The van der Waals surface area contributed by atoms with Gasteiger partial charge < -0.3 is 20.7 Å².